The lowest BCUT2D eigenvalue weighted by atomic mass is 9.73. The molecule has 0 spiro atoms. The zero-order chi connectivity index (χ0) is 46.3. The van der Waals surface area contributed by atoms with Crippen LogP contribution in [0.1, 0.15) is 100 Å². The van der Waals surface area contributed by atoms with E-state index in [1.165, 1.54) is 20.2 Å². The van der Waals surface area contributed by atoms with Crippen molar-refractivity contribution >= 4 is 18.0 Å². The summed E-state index contributed by atoms with van der Waals surface area (Å²) in [5, 5.41) is 50.5. The molecule has 4 N–H and O–H groups in total. The number of carbonyl (C=O) groups is 2. The normalized spacial score (nSPS) is 43.0. The first-order valence-corrected chi connectivity index (χ1v) is 22.2. The predicted molar refractivity (Wildman–Crippen MR) is 230 cm³/mol. The average Bonchev–Trinajstić information content (AvgIpc) is 3.23. The number of nitrogens with zero attached hydrogens (tertiary/aromatic N) is 2. The molecule has 16 nitrogen and oxygen atoms in total. The minimum Gasteiger partial charge on any atom is -0.459 e. The number of esters is 1. The first-order chi connectivity index (χ1) is 29.0. The molecule has 3 fully saturated rings. The third-order valence-corrected chi connectivity index (χ3v) is 13.5. The summed E-state index contributed by atoms with van der Waals surface area (Å²) in [5.41, 5.74) is -3.59. The number of carbonyl (C=O) groups excluding carboxylic acids is 2. The van der Waals surface area contributed by atoms with Gasteiger partial charge in [0.05, 0.1) is 60.5 Å². The van der Waals surface area contributed by atoms with Gasteiger partial charge < -0.3 is 63.3 Å². The lowest BCUT2D eigenvalue weighted by molar-refractivity contribution is -0.320. The zero-order valence-electron chi connectivity index (χ0n) is 39.1. The molecule has 0 aromatic heterocycles. The number of cyclic esters (lactones) is 1. The second kappa shape index (κ2) is 22.1. The number of rotatable bonds is 13. The van der Waals surface area contributed by atoms with Crippen LogP contribution in [0.4, 0.5) is 0 Å². The van der Waals surface area contributed by atoms with E-state index in [9.17, 15) is 30.0 Å². The number of hydrogen-bond donors (Lipinski definition) is 4. The van der Waals surface area contributed by atoms with Crippen LogP contribution >= 0.6 is 0 Å². The summed E-state index contributed by atoms with van der Waals surface area (Å²) in [6, 6.07) is 9.21. The van der Waals surface area contributed by atoms with Crippen molar-refractivity contribution in [1.82, 2.24) is 4.90 Å². The third kappa shape index (κ3) is 12.2. The Labute approximate surface area is 368 Å². The molecule has 0 unspecified atom stereocenters. The van der Waals surface area contributed by atoms with E-state index in [2.05, 4.69) is 5.16 Å². The van der Waals surface area contributed by atoms with Crippen molar-refractivity contribution in [2.75, 3.05) is 27.8 Å². The van der Waals surface area contributed by atoms with Gasteiger partial charge in [-0.2, -0.15) is 0 Å². The molecule has 3 aliphatic rings. The van der Waals surface area contributed by atoms with E-state index in [4.69, 9.17) is 38.0 Å². The van der Waals surface area contributed by atoms with E-state index in [1.54, 1.807) is 48.5 Å². The van der Waals surface area contributed by atoms with Crippen molar-refractivity contribution in [3.05, 3.63) is 35.9 Å². The molecule has 0 radical (unpaired) electrons. The maximum absolute atomic E-state index is 14.4. The summed E-state index contributed by atoms with van der Waals surface area (Å²) in [6.07, 6.45) is -8.08. The van der Waals surface area contributed by atoms with Crippen molar-refractivity contribution in [2.45, 2.75) is 186 Å². The van der Waals surface area contributed by atoms with Crippen LogP contribution in [0.5, 0.6) is 0 Å². The minimum atomic E-state index is -2.01. The second-order valence-corrected chi connectivity index (χ2v) is 18.8. The molecule has 0 aliphatic carbocycles. The van der Waals surface area contributed by atoms with Gasteiger partial charge in [0.25, 0.3) is 0 Å². The van der Waals surface area contributed by atoms with Crippen molar-refractivity contribution in [1.29, 1.82) is 0 Å². The Hall–Kier alpha value is -2.61. The monoisotopic (exact) mass is 881 g/mol. The zero-order valence-corrected chi connectivity index (χ0v) is 39.1. The van der Waals surface area contributed by atoms with Crippen molar-refractivity contribution in [3.8, 4) is 0 Å². The molecule has 16 heteroatoms. The lowest BCUT2D eigenvalue weighted by Crippen LogP contribution is -2.61. The maximum atomic E-state index is 14.4. The molecule has 4 rings (SSSR count). The van der Waals surface area contributed by atoms with Gasteiger partial charge in [-0.05, 0) is 80.5 Å². The third-order valence-electron chi connectivity index (χ3n) is 13.5. The van der Waals surface area contributed by atoms with Crippen LogP contribution in [0.2, 0.25) is 0 Å². The Morgan fingerprint density at radius 2 is 1.56 bits per heavy atom. The number of benzene rings is 1. The van der Waals surface area contributed by atoms with E-state index in [0.29, 0.717) is 6.42 Å². The number of oxime groups is 1. The number of aliphatic hydroxyl groups excluding tert-OH is 3. The van der Waals surface area contributed by atoms with Gasteiger partial charge in [-0.15, -0.1) is 0 Å². The SMILES string of the molecule is CC[C@@H]1OC(=O)[C@H](C)[C@@H](O[C@H]2C[C@@](C)(OC)[C@@H](O)[C@H](C)O2)[C@H](C)[C@@H](O[C@@H]2O[C@H](C)C[C@H](N(C)C)[C@H]2O)[C@](C)(OC/C=N/OCc2ccccc2)C[C@@H](C)C(=O)[C@H](C)[C@@H](O)[C@]1(C)O. The Morgan fingerprint density at radius 1 is 0.903 bits per heavy atom. The number of hydrogen-bond acceptors (Lipinski definition) is 16. The number of ketones is 1. The Morgan fingerprint density at radius 3 is 2.18 bits per heavy atom. The van der Waals surface area contributed by atoms with E-state index >= 15 is 0 Å². The number of Topliss-reactive ketones (excluding diaryl/α,β-unsaturated/α-hetero) is 1. The topological polar surface area (TPSA) is 204 Å². The molecule has 3 aliphatic heterocycles. The van der Waals surface area contributed by atoms with Crippen LogP contribution in [0.25, 0.3) is 0 Å². The largest absolute Gasteiger partial charge is 0.459 e. The van der Waals surface area contributed by atoms with E-state index in [1.807, 2.05) is 63.2 Å². The van der Waals surface area contributed by atoms with Crippen LogP contribution in [-0.2, 0) is 54.2 Å². The number of ether oxygens (including phenoxy) is 7. The van der Waals surface area contributed by atoms with Gasteiger partial charge in [0.15, 0.2) is 12.6 Å². The van der Waals surface area contributed by atoms with Crippen LogP contribution in [0.3, 0.4) is 0 Å². The molecule has 0 saturated carbocycles. The van der Waals surface area contributed by atoms with E-state index in [0.717, 1.165) is 5.56 Å². The minimum absolute atomic E-state index is 0.0158. The molecule has 3 heterocycles. The van der Waals surface area contributed by atoms with Crippen molar-refractivity contribution in [3.63, 3.8) is 0 Å². The standard InChI is InChI=1S/C46H76N2O14/c1-14-34-46(10,54)39(51)28(4)36(49)26(2)23-45(9,56-21-20-47-57-25-32-18-16-15-17-19-32)41(62-43-37(50)33(48(11)12)22-27(3)58-43)29(5)38(30(6)42(53)60-34)61-35-24-44(8,55-13)40(52)31(7)59-35/h15-20,26-31,33-35,37-41,43,50-52,54H,14,21-25H2,1-13H3/b47-20+/t26-,27-,28+,29+,30-,31+,33+,34+,35+,37-,38+,39-,40+,41-,43+,44-,45-,46-/m1/s1. The van der Waals surface area contributed by atoms with Gasteiger partial charge in [0.2, 0.25) is 0 Å². The summed E-state index contributed by atoms with van der Waals surface area (Å²) in [6.45, 7) is 17.1. The molecule has 0 bridgehead atoms. The smallest absolute Gasteiger partial charge is 0.311 e. The maximum Gasteiger partial charge on any atom is 0.311 e. The molecule has 0 amide bonds. The van der Waals surface area contributed by atoms with Gasteiger partial charge in [-0.1, -0.05) is 63.2 Å². The van der Waals surface area contributed by atoms with Gasteiger partial charge in [0, 0.05) is 37.3 Å². The van der Waals surface area contributed by atoms with Gasteiger partial charge in [0.1, 0.15) is 36.3 Å². The summed E-state index contributed by atoms with van der Waals surface area (Å²) in [4.78, 5) is 36.3. The molecular weight excluding hydrogens is 805 g/mol. The number of aliphatic hydroxyl groups is 4. The van der Waals surface area contributed by atoms with E-state index < -0.39 is 102 Å². The first-order valence-electron chi connectivity index (χ1n) is 22.2. The molecule has 18 atom stereocenters. The highest BCUT2D eigenvalue weighted by molar-refractivity contribution is 5.83. The molecular formula is C46H76N2O14. The second-order valence-electron chi connectivity index (χ2n) is 18.8. The number of methoxy groups -OCH3 is 1. The fourth-order valence-corrected chi connectivity index (χ4v) is 9.52. The fraction of sp³-hybridized carbons (Fsp3) is 0.804. The fourth-order valence-electron chi connectivity index (χ4n) is 9.52. The van der Waals surface area contributed by atoms with Crippen LogP contribution in [0, 0.1) is 23.7 Å². The highest BCUT2D eigenvalue weighted by Gasteiger charge is 2.54. The molecule has 354 valence electrons. The molecule has 1 aromatic carbocycles. The average molecular weight is 881 g/mol. The summed E-state index contributed by atoms with van der Waals surface area (Å²) < 4.78 is 45.0. The molecule has 62 heavy (non-hydrogen) atoms. The van der Waals surface area contributed by atoms with Gasteiger partial charge in [-0.3, -0.25) is 9.59 Å². The van der Waals surface area contributed by atoms with Crippen molar-refractivity contribution < 1.29 is 68.0 Å². The Balaban J connectivity index is 1.87. The summed E-state index contributed by atoms with van der Waals surface area (Å²) >= 11 is 0. The Kier molecular flexibility index (Phi) is 18.5. The first kappa shape index (κ1) is 52.0. The lowest BCUT2D eigenvalue weighted by Gasteiger charge is -2.50. The van der Waals surface area contributed by atoms with Crippen LogP contribution < -0.4 is 0 Å². The predicted octanol–water partition coefficient (Wildman–Crippen LogP) is 4.01. The van der Waals surface area contributed by atoms with Crippen molar-refractivity contribution in [2.24, 2.45) is 28.8 Å². The van der Waals surface area contributed by atoms with Crippen LogP contribution in [0.15, 0.2) is 35.5 Å². The van der Waals surface area contributed by atoms with Crippen LogP contribution in [-0.4, -0.2) is 155 Å². The quantitative estimate of drug-likeness (QED) is 0.126. The number of likely N-dealkylation sites (N-methyl/N-ethyl adjacent to an activating group) is 1. The van der Waals surface area contributed by atoms with Gasteiger partial charge in [-0.25, -0.2) is 0 Å². The highest BCUT2D eigenvalue weighted by Crippen LogP contribution is 2.42. The molecule has 1 aromatic rings. The highest BCUT2D eigenvalue weighted by atomic mass is 16.7. The Bertz CT molecular complexity index is 1600. The van der Waals surface area contributed by atoms with Gasteiger partial charge >= 0.3 is 5.97 Å². The molecule has 3 saturated heterocycles. The van der Waals surface area contributed by atoms with E-state index in [-0.39, 0.29) is 50.4 Å². The summed E-state index contributed by atoms with van der Waals surface area (Å²) in [7, 11) is 5.24. The summed E-state index contributed by atoms with van der Waals surface area (Å²) in [5.74, 6) is -4.87.